The van der Waals surface area contributed by atoms with Crippen molar-refractivity contribution in [3.63, 3.8) is 0 Å². The third kappa shape index (κ3) is 7.23. The van der Waals surface area contributed by atoms with Gasteiger partial charge in [-0.25, -0.2) is 4.98 Å². The van der Waals surface area contributed by atoms with Crippen LogP contribution in [0.5, 0.6) is 11.5 Å². The van der Waals surface area contributed by atoms with Crippen molar-refractivity contribution in [3.8, 4) is 11.5 Å². The summed E-state index contributed by atoms with van der Waals surface area (Å²) >= 11 is 1.36. The van der Waals surface area contributed by atoms with Crippen LogP contribution in [0.1, 0.15) is 17.1 Å². The second-order valence-corrected chi connectivity index (χ2v) is 6.51. The molecule has 2 rings (SSSR count). The summed E-state index contributed by atoms with van der Waals surface area (Å²) in [5.74, 6) is -0.607. The van der Waals surface area contributed by atoms with Gasteiger partial charge in [0, 0.05) is 11.1 Å². The van der Waals surface area contributed by atoms with E-state index in [1.54, 1.807) is 24.3 Å². The summed E-state index contributed by atoms with van der Waals surface area (Å²) in [5, 5.41) is 2.48. The molecule has 0 aliphatic carbocycles. The number of carbonyl (C=O) groups is 3. The number of hydrazine groups is 1. The molecular weight excluding hydrogens is 386 g/mol. The lowest BCUT2D eigenvalue weighted by molar-refractivity contribution is -0.149. The largest absolute Gasteiger partial charge is 0.493 e. The smallest absolute Gasteiger partial charge is 0.309 e. The highest BCUT2D eigenvalue weighted by Crippen LogP contribution is 2.25. The molecule has 0 aliphatic heterocycles. The number of nitrogens with one attached hydrogen (secondary N) is 2. The Balaban J connectivity index is 1.60. The number of thiazole rings is 1. The van der Waals surface area contributed by atoms with Crippen LogP contribution in [0.3, 0.4) is 0 Å². The van der Waals surface area contributed by atoms with Gasteiger partial charge >= 0.3 is 5.97 Å². The molecule has 150 valence electrons. The van der Waals surface area contributed by atoms with Crippen molar-refractivity contribution >= 4 is 29.1 Å². The highest BCUT2D eigenvalue weighted by atomic mass is 32.1. The predicted molar refractivity (Wildman–Crippen MR) is 101 cm³/mol. The van der Waals surface area contributed by atoms with Gasteiger partial charge in [0.2, 0.25) is 5.91 Å². The Morgan fingerprint density at radius 3 is 2.50 bits per heavy atom. The molecule has 9 nitrogen and oxygen atoms in total. The number of carbonyl (C=O) groups excluding carboxylic acids is 3. The average Bonchev–Trinajstić information content (AvgIpc) is 3.09. The van der Waals surface area contributed by atoms with Gasteiger partial charge in [0.25, 0.3) is 5.91 Å². The molecule has 2 N–H and O–H groups in total. The van der Waals surface area contributed by atoms with E-state index in [0.717, 1.165) is 5.69 Å². The van der Waals surface area contributed by atoms with Crippen LogP contribution in [0.25, 0.3) is 0 Å². The zero-order valence-electron chi connectivity index (χ0n) is 15.5. The number of aryl methyl sites for hydroxylation is 1. The molecule has 0 bridgehead atoms. The van der Waals surface area contributed by atoms with Gasteiger partial charge in [0.05, 0.1) is 26.6 Å². The van der Waals surface area contributed by atoms with Crippen LogP contribution in [0, 0.1) is 6.92 Å². The van der Waals surface area contributed by atoms with Crippen molar-refractivity contribution in [1.82, 2.24) is 15.8 Å². The zero-order valence-corrected chi connectivity index (χ0v) is 16.3. The fourth-order valence-electron chi connectivity index (χ4n) is 2.04. The molecule has 0 unspecified atom stereocenters. The first-order valence-corrected chi connectivity index (χ1v) is 9.26. The van der Waals surface area contributed by atoms with Gasteiger partial charge in [-0.1, -0.05) is 12.1 Å². The van der Waals surface area contributed by atoms with E-state index >= 15 is 0 Å². The van der Waals surface area contributed by atoms with Crippen LogP contribution in [0.15, 0.2) is 29.6 Å². The van der Waals surface area contributed by atoms with E-state index in [1.807, 2.05) is 12.3 Å². The maximum atomic E-state index is 11.7. The Hall–Kier alpha value is -3.14. The third-order valence-electron chi connectivity index (χ3n) is 3.32. The lowest BCUT2D eigenvalue weighted by Gasteiger charge is -2.10. The second kappa shape index (κ2) is 10.9. The van der Waals surface area contributed by atoms with E-state index in [9.17, 15) is 14.4 Å². The molecular formula is C18H21N3O6S. The van der Waals surface area contributed by atoms with Crippen molar-refractivity contribution in [2.75, 3.05) is 20.3 Å². The summed E-state index contributed by atoms with van der Waals surface area (Å²) in [7, 11) is 1.52. The van der Waals surface area contributed by atoms with Gasteiger partial charge in [0.1, 0.15) is 5.01 Å². The van der Waals surface area contributed by atoms with Crippen molar-refractivity contribution in [2.24, 2.45) is 0 Å². The summed E-state index contributed by atoms with van der Waals surface area (Å²) in [5.41, 5.74) is 5.25. The van der Waals surface area contributed by atoms with Crippen LogP contribution < -0.4 is 20.3 Å². The van der Waals surface area contributed by atoms with Gasteiger partial charge < -0.3 is 14.2 Å². The number of aromatic nitrogens is 1. The van der Waals surface area contributed by atoms with E-state index in [4.69, 9.17) is 14.2 Å². The lowest BCUT2D eigenvalue weighted by atomic mass is 10.3. The van der Waals surface area contributed by atoms with Crippen molar-refractivity contribution in [3.05, 3.63) is 40.3 Å². The van der Waals surface area contributed by atoms with E-state index in [2.05, 4.69) is 15.8 Å². The van der Waals surface area contributed by atoms with Crippen molar-refractivity contribution in [1.29, 1.82) is 0 Å². The molecule has 0 radical (unpaired) electrons. The van der Waals surface area contributed by atoms with Crippen molar-refractivity contribution in [2.45, 2.75) is 19.8 Å². The lowest BCUT2D eigenvalue weighted by Crippen LogP contribution is -2.44. The molecule has 0 spiro atoms. The first kappa shape index (κ1) is 21.2. The molecule has 1 heterocycles. The summed E-state index contributed by atoms with van der Waals surface area (Å²) in [6.45, 7) is 1.39. The molecule has 0 aliphatic rings. The van der Waals surface area contributed by atoms with E-state index in [0.29, 0.717) is 16.5 Å². The predicted octanol–water partition coefficient (Wildman–Crippen LogP) is 1.16. The standard InChI is InChI=1S/C18H21N3O6S/c1-12-11-28-17(19-12)9-15(22)20-21-16(23)10-27-18(24)7-8-26-14-6-4-3-5-13(14)25-2/h3-6,11H,7-10H2,1-2H3,(H,20,22)(H,21,23). The second-order valence-electron chi connectivity index (χ2n) is 5.57. The van der Waals surface area contributed by atoms with Crippen LogP contribution >= 0.6 is 11.3 Å². The summed E-state index contributed by atoms with van der Waals surface area (Å²) in [4.78, 5) is 39.1. The number of rotatable bonds is 9. The molecule has 1 aromatic carbocycles. The fraction of sp³-hybridized carbons (Fsp3) is 0.333. The van der Waals surface area contributed by atoms with Crippen LogP contribution in [-0.2, 0) is 25.5 Å². The molecule has 2 amide bonds. The number of benzene rings is 1. The van der Waals surface area contributed by atoms with E-state index < -0.39 is 24.4 Å². The topological polar surface area (TPSA) is 116 Å². The first-order valence-electron chi connectivity index (χ1n) is 8.38. The van der Waals surface area contributed by atoms with Gasteiger partial charge in [0.15, 0.2) is 18.1 Å². The number of ether oxygens (including phenoxy) is 3. The van der Waals surface area contributed by atoms with E-state index in [1.165, 1.54) is 18.4 Å². The number of hydrogen-bond donors (Lipinski definition) is 2. The molecule has 28 heavy (non-hydrogen) atoms. The highest BCUT2D eigenvalue weighted by Gasteiger charge is 2.11. The fourth-order valence-corrected chi connectivity index (χ4v) is 2.81. The Morgan fingerprint density at radius 2 is 1.82 bits per heavy atom. The molecule has 2 aromatic rings. The minimum atomic E-state index is -0.650. The summed E-state index contributed by atoms with van der Waals surface area (Å²) in [6, 6.07) is 7.04. The van der Waals surface area contributed by atoms with Crippen LogP contribution in [-0.4, -0.2) is 43.1 Å². The number of esters is 1. The monoisotopic (exact) mass is 407 g/mol. The quantitative estimate of drug-likeness (QED) is 0.473. The molecule has 0 saturated heterocycles. The number of amides is 2. The molecule has 0 atom stereocenters. The van der Waals surface area contributed by atoms with Crippen LogP contribution in [0.4, 0.5) is 0 Å². The Kier molecular flexibility index (Phi) is 8.22. The van der Waals surface area contributed by atoms with Gasteiger partial charge in [-0.3, -0.25) is 25.2 Å². The minimum absolute atomic E-state index is 0.0406. The maximum Gasteiger partial charge on any atom is 0.309 e. The third-order valence-corrected chi connectivity index (χ3v) is 4.28. The van der Waals surface area contributed by atoms with Gasteiger partial charge in [-0.05, 0) is 19.1 Å². The van der Waals surface area contributed by atoms with Gasteiger partial charge in [-0.2, -0.15) is 0 Å². The molecule has 1 aromatic heterocycles. The minimum Gasteiger partial charge on any atom is -0.493 e. The first-order chi connectivity index (χ1) is 13.5. The summed E-state index contributed by atoms with van der Waals surface area (Å²) in [6.07, 6.45) is 0.0138. The normalized spacial score (nSPS) is 10.1. The Morgan fingerprint density at radius 1 is 1.11 bits per heavy atom. The van der Waals surface area contributed by atoms with Crippen LogP contribution in [0.2, 0.25) is 0 Å². The zero-order chi connectivity index (χ0) is 20.4. The Bertz CT molecular complexity index is 823. The molecule has 10 heteroatoms. The average molecular weight is 407 g/mol. The van der Waals surface area contributed by atoms with E-state index in [-0.39, 0.29) is 19.4 Å². The van der Waals surface area contributed by atoms with Crippen molar-refractivity contribution < 1.29 is 28.6 Å². The number of nitrogens with zero attached hydrogens (tertiary/aromatic N) is 1. The summed E-state index contributed by atoms with van der Waals surface area (Å²) < 4.78 is 15.4. The molecule has 0 fully saturated rings. The number of methoxy groups -OCH3 is 1. The maximum absolute atomic E-state index is 11.7. The number of para-hydroxylation sites is 2. The highest BCUT2D eigenvalue weighted by molar-refractivity contribution is 7.09. The SMILES string of the molecule is COc1ccccc1OCCC(=O)OCC(=O)NNC(=O)Cc1nc(C)cs1. The van der Waals surface area contributed by atoms with Gasteiger partial charge in [-0.15, -0.1) is 11.3 Å². The Labute approximate surface area is 166 Å². The molecule has 0 saturated carbocycles. The number of hydrogen-bond acceptors (Lipinski definition) is 8.